The zero-order valence-corrected chi connectivity index (χ0v) is 14.5. The molecule has 1 heterocycles. The third-order valence-electron chi connectivity index (χ3n) is 3.62. The monoisotopic (exact) mass is 342 g/mol. The molecule has 0 radical (unpaired) electrons. The molecule has 0 spiro atoms. The minimum Gasteiger partial charge on any atom is -0.350 e. The first-order chi connectivity index (χ1) is 10.4. The maximum atomic E-state index is 12.1. The van der Waals surface area contributed by atoms with E-state index in [1.165, 1.54) is 6.26 Å². The Balaban J connectivity index is 1.90. The van der Waals surface area contributed by atoms with Gasteiger partial charge in [-0.05, 0) is 24.6 Å². The van der Waals surface area contributed by atoms with Crippen LogP contribution in [-0.2, 0) is 14.6 Å². The minimum atomic E-state index is -3.19. The molecule has 0 saturated carbocycles. The summed E-state index contributed by atoms with van der Waals surface area (Å²) in [6, 6.07) is 6.74. The molecule has 1 fully saturated rings. The number of carbonyl (C=O) groups excluding carboxylic acids is 1. The van der Waals surface area contributed by atoms with Gasteiger partial charge in [0.15, 0.2) is 9.84 Å². The fraction of sp³-hybridized carbons (Fsp3) is 0.533. The first-order valence-corrected chi connectivity index (χ1v) is 10.3. The number of thioether (sulfide) groups is 1. The van der Waals surface area contributed by atoms with Crippen LogP contribution in [0.5, 0.6) is 0 Å². The molecule has 0 aliphatic carbocycles. The average molecular weight is 342 g/mol. The van der Waals surface area contributed by atoms with Gasteiger partial charge >= 0.3 is 0 Å². The Morgan fingerprint density at radius 2 is 2.09 bits per heavy atom. The quantitative estimate of drug-likeness (QED) is 0.845. The molecular formula is C15H22N2O3S2. The Morgan fingerprint density at radius 1 is 1.41 bits per heavy atom. The zero-order valence-electron chi connectivity index (χ0n) is 12.8. The minimum absolute atomic E-state index is 0.0136. The zero-order chi connectivity index (χ0) is 16.2. The van der Waals surface area contributed by atoms with E-state index in [0.29, 0.717) is 11.3 Å². The largest absolute Gasteiger partial charge is 0.350 e. The molecule has 2 atom stereocenters. The van der Waals surface area contributed by atoms with Crippen LogP contribution >= 0.6 is 11.8 Å². The van der Waals surface area contributed by atoms with Crippen molar-refractivity contribution in [2.24, 2.45) is 0 Å². The van der Waals surface area contributed by atoms with Gasteiger partial charge in [0.25, 0.3) is 0 Å². The van der Waals surface area contributed by atoms with Gasteiger partial charge in [0.1, 0.15) is 0 Å². The number of hydrogen-bond donors (Lipinski definition) is 2. The lowest BCUT2D eigenvalue weighted by atomic mass is 10.1. The van der Waals surface area contributed by atoms with Crippen LogP contribution in [0.4, 0.5) is 0 Å². The summed E-state index contributed by atoms with van der Waals surface area (Å²) in [5, 5.41) is 6.30. The van der Waals surface area contributed by atoms with Crippen LogP contribution in [0.1, 0.15) is 24.9 Å². The van der Waals surface area contributed by atoms with E-state index in [4.69, 9.17) is 0 Å². The number of carbonyl (C=O) groups is 1. The first-order valence-electron chi connectivity index (χ1n) is 7.27. The number of sulfone groups is 1. The molecule has 1 aliphatic rings. The third-order valence-corrected chi connectivity index (χ3v) is 5.88. The SMILES string of the molecule is CC(NC(=O)CC1CSCCN1)c1ccc(S(C)(=O)=O)cc1. The van der Waals surface area contributed by atoms with Crippen molar-refractivity contribution < 1.29 is 13.2 Å². The molecule has 122 valence electrons. The highest BCUT2D eigenvalue weighted by atomic mass is 32.2. The highest BCUT2D eigenvalue weighted by Gasteiger charge is 2.18. The van der Waals surface area contributed by atoms with Gasteiger partial charge in [0.2, 0.25) is 5.91 Å². The third kappa shape index (κ3) is 5.00. The van der Waals surface area contributed by atoms with Gasteiger partial charge in [-0.2, -0.15) is 11.8 Å². The average Bonchev–Trinajstić information content (AvgIpc) is 2.47. The smallest absolute Gasteiger partial charge is 0.222 e. The van der Waals surface area contributed by atoms with E-state index >= 15 is 0 Å². The molecule has 0 aromatic heterocycles. The lowest BCUT2D eigenvalue weighted by molar-refractivity contribution is -0.122. The molecule has 7 heteroatoms. The highest BCUT2D eigenvalue weighted by Crippen LogP contribution is 2.17. The van der Waals surface area contributed by atoms with E-state index in [1.807, 2.05) is 18.7 Å². The van der Waals surface area contributed by atoms with Crippen LogP contribution in [-0.4, -0.2) is 44.7 Å². The number of amides is 1. The van der Waals surface area contributed by atoms with Crippen molar-refractivity contribution in [1.82, 2.24) is 10.6 Å². The number of benzene rings is 1. The van der Waals surface area contributed by atoms with Crippen LogP contribution in [0.2, 0.25) is 0 Å². The maximum Gasteiger partial charge on any atom is 0.222 e. The van der Waals surface area contributed by atoms with Gasteiger partial charge in [-0.15, -0.1) is 0 Å². The summed E-state index contributed by atoms with van der Waals surface area (Å²) in [7, 11) is -3.19. The van der Waals surface area contributed by atoms with E-state index in [0.717, 1.165) is 23.6 Å². The molecule has 1 aliphatic heterocycles. The topological polar surface area (TPSA) is 75.3 Å². The standard InChI is InChI=1S/C15H22N2O3S2/c1-11(12-3-5-14(6-4-12)22(2,19)20)17-15(18)9-13-10-21-8-7-16-13/h3-6,11,13,16H,7-10H2,1-2H3,(H,17,18). The van der Waals surface area contributed by atoms with E-state index in [-0.39, 0.29) is 18.0 Å². The molecule has 1 aromatic carbocycles. The second kappa shape index (κ2) is 7.48. The second-order valence-electron chi connectivity index (χ2n) is 5.56. The Bertz CT molecular complexity index is 608. The molecule has 1 amide bonds. The fourth-order valence-corrected chi connectivity index (χ4v) is 3.94. The summed E-state index contributed by atoms with van der Waals surface area (Å²) in [5.41, 5.74) is 0.895. The van der Waals surface area contributed by atoms with Crippen molar-refractivity contribution in [3.05, 3.63) is 29.8 Å². The molecule has 2 N–H and O–H groups in total. The van der Waals surface area contributed by atoms with Crippen LogP contribution in [0.15, 0.2) is 29.2 Å². The van der Waals surface area contributed by atoms with Gasteiger partial charge in [-0.3, -0.25) is 4.79 Å². The first kappa shape index (κ1) is 17.3. The summed E-state index contributed by atoms with van der Waals surface area (Å²) < 4.78 is 22.9. The maximum absolute atomic E-state index is 12.1. The van der Waals surface area contributed by atoms with Crippen molar-refractivity contribution in [2.45, 2.75) is 30.3 Å². The van der Waals surface area contributed by atoms with Crippen LogP contribution in [0, 0.1) is 0 Å². The van der Waals surface area contributed by atoms with Crippen molar-refractivity contribution in [1.29, 1.82) is 0 Å². The van der Waals surface area contributed by atoms with Gasteiger partial charge in [-0.1, -0.05) is 12.1 Å². The normalized spacial score (nSPS) is 20.4. The molecule has 1 aromatic rings. The summed E-state index contributed by atoms with van der Waals surface area (Å²) in [5.74, 6) is 2.08. The molecule has 0 bridgehead atoms. The number of nitrogens with one attached hydrogen (secondary N) is 2. The Hall–Kier alpha value is -1.05. The number of hydrogen-bond acceptors (Lipinski definition) is 5. The molecule has 2 unspecified atom stereocenters. The predicted molar refractivity (Wildman–Crippen MR) is 89.8 cm³/mol. The van der Waals surface area contributed by atoms with Crippen molar-refractivity contribution >= 4 is 27.5 Å². The summed E-state index contributed by atoms with van der Waals surface area (Å²) >= 11 is 1.86. The van der Waals surface area contributed by atoms with E-state index in [2.05, 4.69) is 10.6 Å². The number of rotatable bonds is 5. The molecule has 5 nitrogen and oxygen atoms in total. The molecule has 1 saturated heterocycles. The van der Waals surface area contributed by atoms with Gasteiger partial charge in [0.05, 0.1) is 10.9 Å². The van der Waals surface area contributed by atoms with Crippen molar-refractivity contribution in [3.8, 4) is 0 Å². The van der Waals surface area contributed by atoms with Gasteiger partial charge in [0, 0.05) is 36.8 Å². The lowest BCUT2D eigenvalue weighted by Gasteiger charge is -2.23. The van der Waals surface area contributed by atoms with E-state index < -0.39 is 9.84 Å². The van der Waals surface area contributed by atoms with Crippen LogP contribution in [0.3, 0.4) is 0 Å². The Kier molecular flexibility index (Phi) is 5.88. The highest BCUT2D eigenvalue weighted by molar-refractivity contribution is 7.99. The van der Waals surface area contributed by atoms with Crippen molar-refractivity contribution in [2.75, 3.05) is 24.3 Å². The molecule has 22 heavy (non-hydrogen) atoms. The lowest BCUT2D eigenvalue weighted by Crippen LogP contribution is -2.41. The summed E-state index contributed by atoms with van der Waals surface area (Å²) in [6.45, 7) is 2.85. The summed E-state index contributed by atoms with van der Waals surface area (Å²) in [4.78, 5) is 12.4. The summed E-state index contributed by atoms with van der Waals surface area (Å²) in [6.07, 6.45) is 1.65. The van der Waals surface area contributed by atoms with Gasteiger partial charge < -0.3 is 10.6 Å². The molecule has 2 rings (SSSR count). The van der Waals surface area contributed by atoms with E-state index in [1.54, 1.807) is 24.3 Å². The predicted octanol–water partition coefficient (Wildman–Crippen LogP) is 1.36. The Labute approximate surface area is 136 Å². The Morgan fingerprint density at radius 3 is 2.64 bits per heavy atom. The van der Waals surface area contributed by atoms with Crippen molar-refractivity contribution in [3.63, 3.8) is 0 Å². The van der Waals surface area contributed by atoms with Gasteiger partial charge in [-0.25, -0.2) is 8.42 Å². The van der Waals surface area contributed by atoms with E-state index in [9.17, 15) is 13.2 Å². The molecular weight excluding hydrogens is 320 g/mol. The van der Waals surface area contributed by atoms with Crippen LogP contribution < -0.4 is 10.6 Å². The second-order valence-corrected chi connectivity index (χ2v) is 8.73. The fourth-order valence-electron chi connectivity index (χ4n) is 2.36. The van der Waals surface area contributed by atoms with Crippen LogP contribution in [0.25, 0.3) is 0 Å².